The van der Waals surface area contributed by atoms with Gasteiger partial charge in [-0.25, -0.2) is 4.98 Å². The monoisotopic (exact) mass is 552 g/mol. The van der Waals surface area contributed by atoms with E-state index in [1.165, 1.54) is 0 Å². The highest BCUT2D eigenvalue weighted by Crippen LogP contribution is 2.34. The number of hydrogen-bond donors (Lipinski definition) is 3. The number of fused-ring (bicyclic) bond motifs is 2. The fourth-order valence-corrected chi connectivity index (χ4v) is 5.10. The number of aromatic nitrogens is 1. The molecule has 1 aromatic carbocycles. The summed E-state index contributed by atoms with van der Waals surface area (Å²) in [6.07, 6.45) is 0. The molecular weight excluding hydrogens is 516 g/mol. The largest absolute Gasteiger partial charge is 0.452 e. The van der Waals surface area contributed by atoms with E-state index in [0.717, 1.165) is 31.7 Å². The Bertz CT molecular complexity index is 1430. The summed E-state index contributed by atoms with van der Waals surface area (Å²) in [5.41, 5.74) is 7.62. The molecular formula is C28H36N6O6. The van der Waals surface area contributed by atoms with E-state index in [4.69, 9.17) is 24.6 Å². The molecule has 0 spiro atoms. The lowest BCUT2D eigenvalue weighted by Gasteiger charge is -2.26. The summed E-state index contributed by atoms with van der Waals surface area (Å²) in [6, 6.07) is 3.47. The molecule has 4 N–H and O–H groups in total. The van der Waals surface area contributed by atoms with Crippen LogP contribution in [-0.4, -0.2) is 105 Å². The number of nitrogen functional groups attached to an aromatic ring is 1. The number of hydrogen-bond acceptors (Lipinski definition) is 10. The zero-order valence-electron chi connectivity index (χ0n) is 23.0. The van der Waals surface area contributed by atoms with Crippen molar-refractivity contribution in [2.24, 2.45) is 0 Å². The van der Waals surface area contributed by atoms with Gasteiger partial charge >= 0.3 is 0 Å². The molecule has 2 fully saturated rings. The highest BCUT2D eigenvalue weighted by Gasteiger charge is 2.29. The number of carbonyl (C=O) groups is 2. The van der Waals surface area contributed by atoms with Gasteiger partial charge in [-0.2, -0.15) is 0 Å². The summed E-state index contributed by atoms with van der Waals surface area (Å²) < 4.78 is 17.0. The summed E-state index contributed by atoms with van der Waals surface area (Å²) >= 11 is 0. The van der Waals surface area contributed by atoms with Crippen LogP contribution in [0.2, 0.25) is 0 Å². The number of amides is 2. The van der Waals surface area contributed by atoms with Gasteiger partial charge in [0, 0.05) is 57.9 Å². The van der Waals surface area contributed by atoms with Crippen LogP contribution in [0.3, 0.4) is 0 Å². The Morgan fingerprint density at radius 1 is 0.925 bits per heavy atom. The van der Waals surface area contributed by atoms with Crippen molar-refractivity contribution in [1.82, 2.24) is 25.4 Å². The van der Waals surface area contributed by atoms with Gasteiger partial charge in [0.15, 0.2) is 11.3 Å². The minimum Gasteiger partial charge on any atom is -0.452 e. The summed E-state index contributed by atoms with van der Waals surface area (Å²) in [4.78, 5) is 48.7. The van der Waals surface area contributed by atoms with Crippen LogP contribution >= 0.6 is 0 Å². The van der Waals surface area contributed by atoms with Crippen molar-refractivity contribution in [3.05, 3.63) is 44.6 Å². The third kappa shape index (κ3) is 5.80. The van der Waals surface area contributed by atoms with Gasteiger partial charge in [0.1, 0.15) is 11.2 Å². The Labute approximate surface area is 232 Å². The fraction of sp³-hybridized carbons (Fsp3) is 0.500. The first-order valence-electron chi connectivity index (χ1n) is 13.7. The molecule has 0 saturated carbocycles. The molecule has 3 aliphatic heterocycles. The SMILES string of the molecule is Cc1c2oc3c(C)ccc(C(=O)NCCN4CCOCC4)c3nc-2c(C(=O)NCCN2CCOCC2)c(N)c1=O. The number of anilines is 1. The first-order chi connectivity index (χ1) is 19.3. The molecule has 5 rings (SSSR count). The van der Waals surface area contributed by atoms with Crippen LogP contribution in [0.4, 0.5) is 5.69 Å². The van der Waals surface area contributed by atoms with Crippen molar-refractivity contribution in [3.8, 4) is 11.5 Å². The first-order valence-corrected chi connectivity index (χ1v) is 13.7. The van der Waals surface area contributed by atoms with E-state index in [1.54, 1.807) is 19.1 Å². The molecule has 40 heavy (non-hydrogen) atoms. The molecule has 0 unspecified atom stereocenters. The lowest BCUT2D eigenvalue weighted by molar-refractivity contribution is 0.0382. The summed E-state index contributed by atoms with van der Waals surface area (Å²) in [7, 11) is 0. The van der Waals surface area contributed by atoms with Crippen LogP contribution < -0.4 is 21.8 Å². The van der Waals surface area contributed by atoms with E-state index in [1.807, 2.05) is 6.92 Å². The van der Waals surface area contributed by atoms with E-state index in [2.05, 4.69) is 20.4 Å². The lowest BCUT2D eigenvalue weighted by atomic mass is 9.99. The van der Waals surface area contributed by atoms with Crippen molar-refractivity contribution in [2.75, 3.05) is 84.5 Å². The van der Waals surface area contributed by atoms with E-state index < -0.39 is 11.3 Å². The minimum absolute atomic E-state index is 0.0431. The van der Waals surface area contributed by atoms with Crippen LogP contribution in [0, 0.1) is 13.8 Å². The maximum Gasteiger partial charge on any atom is 0.255 e. The second-order valence-corrected chi connectivity index (χ2v) is 10.2. The van der Waals surface area contributed by atoms with E-state index in [0.29, 0.717) is 69.3 Å². The summed E-state index contributed by atoms with van der Waals surface area (Å²) in [5.74, 6) is -0.640. The number of nitrogens with two attached hydrogens (primary N) is 1. The maximum absolute atomic E-state index is 13.4. The Balaban J connectivity index is 1.45. The quantitative estimate of drug-likeness (QED) is 0.268. The number of nitrogens with one attached hydrogen (secondary N) is 2. The fourth-order valence-electron chi connectivity index (χ4n) is 5.10. The highest BCUT2D eigenvalue weighted by molar-refractivity contribution is 6.08. The standard InChI is InChI=1S/C28H36N6O6/c1-17-3-4-19(27(36)30-5-7-33-9-13-38-14-10-33)22-25(17)40-26-18(2)24(35)21(29)20(23(26)32-22)28(37)31-6-8-34-11-15-39-16-12-34/h3-4H,5-16,29H2,1-2H3,(H,30,36)(H,31,37). The second-order valence-electron chi connectivity index (χ2n) is 10.2. The van der Waals surface area contributed by atoms with Gasteiger partial charge in [-0.05, 0) is 25.5 Å². The first kappa shape index (κ1) is 28.0. The molecule has 214 valence electrons. The minimum atomic E-state index is -0.515. The Morgan fingerprint density at radius 3 is 2.10 bits per heavy atom. The van der Waals surface area contributed by atoms with Gasteiger partial charge in [-0.15, -0.1) is 0 Å². The smallest absolute Gasteiger partial charge is 0.255 e. The Kier molecular flexibility index (Phi) is 8.60. The van der Waals surface area contributed by atoms with Crippen LogP contribution in [-0.2, 0) is 9.47 Å². The van der Waals surface area contributed by atoms with Gasteiger partial charge in [0.25, 0.3) is 11.8 Å². The van der Waals surface area contributed by atoms with Crippen molar-refractivity contribution in [1.29, 1.82) is 0 Å². The van der Waals surface area contributed by atoms with Gasteiger partial charge in [-0.3, -0.25) is 24.2 Å². The number of ether oxygens (including phenoxy) is 2. The predicted molar refractivity (Wildman–Crippen MR) is 150 cm³/mol. The average Bonchev–Trinajstić information content (AvgIpc) is 2.97. The van der Waals surface area contributed by atoms with E-state index in [9.17, 15) is 14.4 Å². The van der Waals surface area contributed by atoms with E-state index in [-0.39, 0.29) is 34.2 Å². The van der Waals surface area contributed by atoms with Crippen LogP contribution in [0.15, 0.2) is 21.3 Å². The molecule has 0 atom stereocenters. The van der Waals surface area contributed by atoms with Gasteiger partial charge in [0.2, 0.25) is 5.43 Å². The average molecular weight is 553 g/mol. The molecule has 2 amide bonds. The van der Waals surface area contributed by atoms with Crippen molar-refractivity contribution < 1.29 is 23.5 Å². The number of aryl methyl sites for hydroxylation is 1. The van der Waals surface area contributed by atoms with Gasteiger partial charge in [-0.1, -0.05) is 6.07 Å². The van der Waals surface area contributed by atoms with Crippen molar-refractivity contribution >= 4 is 28.6 Å². The third-order valence-electron chi connectivity index (χ3n) is 7.51. The molecule has 0 bridgehead atoms. The normalized spacial score (nSPS) is 16.9. The maximum atomic E-state index is 13.4. The number of morpholine rings is 2. The summed E-state index contributed by atoms with van der Waals surface area (Å²) in [5, 5.41) is 5.83. The predicted octanol–water partition coefficient (Wildman–Crippen LogP) is 0.616. The van der Waals surface area contributed by atoms with Crippen LogP contribution in [0.1, 0.15) is 31.8 Å². The molecule has 1 aliphatic carbocycles. The highest BCUT2D eigenvalue weighted by atomic mass is 16.5. The molecule has 3 heterocycles. The van der Waals surface area contributed by atoms with Crippen molar-refractivity contribution in [3.63, 3.8) is 0 Å². The van der Waals surface area contributed by atoms with Crippen LogP contribution in [0.25, 0.3) is 22.6 Å². The zero-order chi connectivity index (χ0) is 28.2. The number of benzene rings is 2. The molecule has 2 saturated heterocycles. The molecule has 0 aromatic heterocycles. The van der Waals surface area contributed by atoms with Gasteiger partial charge < -0.3 is 30.3 Å². The van der Waals surface area contributed by atoms with E-state index >= 15 is 0 Å². The zero-order valence-corrected chi connectivity index (χ0v) is 23.0. The summed E-state index contributed by atoms with van der Waals surface area (Å²) in [6.45, 7) is 11.5. The van der Waals surface area contributed by atoms with Gasteiger partial charge in [0.05, 0.1) is 43.2 Å². The molecule has 4 aliphatic rings. The molecule has 12 heteroatoms. The van der Waals surface area contributed by atoms with Crippen LogP contribution in [0.5, 0.6) is 0 Å². The Hall–Kier alpha value is -3.58. The number of nitrogens with zero attached hydrogens (tertiary/aromatic N) is 3. The molecule has 0 radical (unpaired) electrons. The second kappa shape index (κ2) is 12.3. The molecule has 1 aromatic rings. The van der Waals surface area contributed by atoms with Crippen molar-refractivity contribution in [2.45, 2.75) is 13.8 Å². The number of rotatable bonds is 8. The third-order valence-corrected chi connectivity index (χ3v) is 7.51. The lowest BCUT2D eigenvalue weighted by Crippen LogP contribution is -2.41. The Morgan fingerprint density at radius 2 is 1.50 bits per heavy atom. The number of carbonyl (C=O) groups excluding carboxylic acids is 2. The topological polar surface area (TPSA) is 152 Å². The molecule has 12 nitrogen and oxygen atoms in total.